The number of carbonyl (C=O) groups excluding carboxylic acids is 1. The molecule has 0 spiro atoms. The third-order valence-electron chi connectivity index (χ3n) is 4.81. The first-order chi connectivity index (χ1) is 14.9. The molecular formula is C22H22N4O4S. The van der Waals surface area contributed by atoms with Gasteiger partial charge in [0, 0.05) is 17.4 Å². The molecule has 31 heavy (non-hydrogen) atoms. The summed E-state index contributed by atoms with van der Waals surface area (Å²) in [6, 6.07) is 14.2. The number of methoxy groups -OCH3 is 1. The smallest absolute Gasteiger partial charge is 0.236 e. The quantitative estimate of drug-likeness (QED) is 0.559. The lowest BCUT2D eigenvalue weighted by molar-refractivity contribution is -0.115. The second kappa shape index (κ2) is 8.73. The van der Waals surface area contributed by atoms with E-state index in [0.717, 1.165) is 11.1 Å². The molecule has 0 radical (unpaired) electrons. The van der Waals surface area contributed by atoms with E-state index in [1.54, 1.807) is 49.8 Å². The van der Waals surface area contributed by atoms with Crippen LogP contribution in [-0.4, -0.2) is 36.7 Å². The maximum atomic E-state index is 12.4. The Morgan fingerprint density at radius 1 is 1.10 bits per heavy atom. The van der Waals surface area contributed by atoms with Crippen molar-refractivity contribution in [1.82, 2.24) is 9.97 Å². The Kier molecular flexibility index (Phi) is 5.85. The number of sulfonamides is 1. The minimum Gasteiger partial charge on any atom is -0.495 e. The zero-order chi connectivity index (χ0) is 21.8. The molecule has 160 valence electrons. The van der Waals surface area contributed by atoms with Gasteiger partial charge in [-0.05, 0) is 48.7 Å². The maximum absolute atomic E-state index is 12.4. The first kappa shape index (κ1) is 20.8. The molecule has 1 fully saturated rings. The highest BCUT2D eigenvalue weighted by Gasteiger charge is 2.35. The number of rotatable bonds is 8. The Morgan fingerprint density at radius 2 is 1.87 bits per heavy atom. The summed E-state index contributed by atoms with van der Waals surface area (Å²) in [7, 11) is -1.80. The van der Waals surface area contributed by atoms with E-state index in [-0.39, 0.29) is 23.4 Å². The molecule has 0 saturated heterocycles. The second-order valence-electron chi connectivity index (χ2n) is 7.28. The van der Waals surface area contributed by atoms with Crippen molar-refractivity contribution >= 4 is 27.4 Å². The SMILES string of the molecule is COc1cncc(-c2ccc(NC(=O)Cc3cccc(NS(=O)(=O)C4CC4)n3)cc2)c1. The number of nitrogens with zero attached hydrogens (tertiary/aromatic N) is 2. The summed E-state index contributed by atoms with van der Waals surface area (Å²) in [6.07, 6.45) is 4.75. The Morgan fingerprint density at radius 3 is 2.58 bits per heavy atom. The van der Waals surface area contributed by atoms with E-state index >= 15 is 0 Å². The van der Waals surface area contributed by atoms with Crippen LogP contribution in [0.3, 0.4) is 0 Å². The normalized spacial score (nSPS) is 13.5. The minimum absolute atomic E-state index is 0.0283. The van der Waals surface area contributed by atoms with Crippen LogP contribution >= 0.6 is 0 Å². The van der Waals surface area contributed by atoms with Crippen LogP contribution < -0.4 is 14.8 Å². The van der Waals surface area contributed by atoms with Crippen molar-refractivity contribution in [3.63, 3.8) is 0 Å². The summed E-state index contributed by atoms with van der Waals surface area (Å²) < 4.78 is 31.8. The van der Waals surface area contributed by atoms with Crippen LogP contribution in [0.25, 0.3) is 11.1 Å². The van der Waals surface area contributed by atoms with Gasteiger partial charge in [0.1, 0.15) is 11.6 Å². The van der Waals surface area contributed by atoms with Crippen molar-refractivity contribution in [3.8, 4) is 16.9 Å². The molecule has 9 heteroatoms. The van der Waals surface area contributed by atoms with Gasteiger partial charge < -0.3 is 10.1 Å². The Bertz CT molecular complexity index is 1190. The molecular weight excluding hydrogens is 416 g/mol. The minimum atomic E-state index is -3.39. The molecule has 4 rings (SSSR count). The van der Waals surface area contributed by atoms with Gasteiger partial charge in [-0.25, -0.2) is 13.4 Å². The number of amides is 1. The standard InChI is InChI=1S/C22H22N4O4S/c1-30-19-11-16(13-23-14-19)15-5-7-17(8-6-15)25-22(27)12-18-3-2-4-21(24-18)26-31(28,29)20-9-10-20/h2-8,11,13-14,20H,9-10,12H2,1H3,(H,24,26)(H,25,27). The summed E-state index contributed by atoms with van der Waals surface area (Å²) in [6.45, 7) is 0. The molecule has 3 aromatic rings. The lowest BCUT2D eigenvalue weighted by Gasteiger charge is -2.09. The van der Waals surface area contributed by atoms with E-state index in [1.807, 2.05) is 18.2 Å². The van der Waals surface area contributed by atoms with Gasteiger partial charge in [0.05, 0.1) is 30.7 Å². The monoisotopic (exact) mass is 438 g/mol. The van der Waals surface area contributed by atoms with Gasteiger partial charge in [0.2, 0.25) is 15.9 Å². The van der Waals surface area contributed by atoms with Crippen LogP contribution in [0.15, 0.2) is 60.9 Å². The van der Waals surface area contributed by atoms with Crippen molar-refractivity contribution in [2.45, 2.75) is 24.5 Å². The first-order valence-corrected chi connectivity index (χ1v) is 11.3. The molecule has 0 aliphatic heterocycles. The molecule has 0 bridgehead atoms. The number of ether oxygens (including phenoxy) is 1. The van der Waals surface area contributed by atoms with Gasteiger partial charge in [-0.2, -0.15) is 0 Å². The van der Waals surface area contributed by atoms with Gasteiger partial charge in [0.25, 0.3) is 0 Å². The van der Waals surface area contributed by atoms with Crippen LogP contribution in [0, 0.1) is 0 Å². The lowest BCUT2D eigenvalue weighted by atomic mass is 10.1. The van der Waals surface area contributed by atoms with Gasteiger partial charge in [-0.1, -0.05) is 18.2 Å². The number of aromatic nitrogens is 2. The summed E-state index contributed by atoms with van der Waals surface area (Å²) in [4.78, 5) is 20.8. The number of anilines is 2. The molecule has 2 heterocycles. The maximum Gasteiger partial charge on any atom is 0.236 e. The number of hydrogen-bond acceptors (Lipinski definition) is 6. The van der Waals surface area contributed by atoms with Crippen LogP contribution in [-0.2, 0) is 21.2 Å². The molecule has 1 aliphatic rings. The highest BCUT2D eigenvalue weighted by atomic mass is 32.2. The molecule has 0 unspecified atom stereocenters. The molecule has 1 aromatic carbocycles. The average molecular weight is 439 g/mol. The third-order valence-corrected chi connectivity index (χ3v) is 6.65. The van der Waals surface area contributed by atoms with Crippen molar-refractivity contribution in [1.29, 1.82) is 0 Å². The van der Waals surface area contributed by atoms with E-state index in [9.17, 15) is 13.2 Å². The molecule has 1 saturated carbocycles. The fourth-order valence-electron chi connectivity index (χ4n) is 3.05. The Hall–Kier alpha value is -3.46. The number of carbonyl (C=O) groups is 1. The summed E-state index contributed by atoms with van der Waals surface area (Å²) in [5.74, 6) is 0.656. The predicted octanol–water partition coefficient (Wildman–Crippen LogP) is 3.24. The van der Waals surface area contributed by atoms with E-state index in [1.165, 1.54) is 0 Å². The van der Waals surface area contributed by atoms with Crippen molar-refractivity contribution in [2.24, 2.45) is 0 Å². The van der Waals surface area contributed by atoms with Crippen molar-refractivity contribution in [2.75, 3.05) is 17.1 Å². The predicted molar refractivity (Wildman–Crippen MR) is 118 cm³/mol. The molecule has 8 nitrogen and oxygen atoms in total. The van der Waals surface area contributed by atoms with Crippen LogP contribution in [0.2, 0.25) is 0 Å². The fraction of sp³-hybridized carbons (Fsp3) is 0.227. The van der Waals surface area contributed by atoms with Gasteiger partial charge in [-0.3, -0.25) is 14.5 Å². The molecule has 2 aromatic heterocycles. The zero-order valence-corrected chi connectivity index (χ0v) is 17.7. The van der Waals surface area contributed by atoms with Crippen molar-refractivity contribution < 1.29 is 17.9 Å². The fourth-order valence-corrected chi connectivity index (χ4v) is 4.37. The van der Waals surface area contributed by atoms with Gasteiger partial charge in [-0.15, -0.1) is 0 Å². The van der Waals surface area contributed by atoms with Crippen LogP contribution in [0.5, 0.6) is 5.75 Å². The van der Waals surface area contributed by atoms with Crippen LogP contribution in [0.4, 0.5) is 11.5 Å². The van der Waals surface area contributed by atoms with Crippen molar-refractivity contribution in [3.05, 3.63) is 66.6 Å². The number of hydrogen-bond donors (Lipinski definition) is 2. The summed E-state index contributed by atoms with van der Waals surface area (Å²) >= 11 is 0. The zero-order valence-electron chi connectivity index (χ0n) is 16.9. The molecule has 2 N–H and O–H groups in total. The van der Waals surface area contributed by atoms with Gasteiger partial charge >= 0.3 is 0 Å². The van der Waals surface area contributed by atoms with E-state index in [4.69, 9.17) is 4.74 Å². The number of pyridine rings is 2. The van der Waals surface area contributed by atoms with E-state index in [2.05, 4.69) is 20.0 Å². The second-order valence-corrected chi connectivity index (χ2v) is 9.24. The average Bonchev–Trinajstić information content (AvgIpc) is 3.60. The Labute approximate surface area is 180 Å². The van der Waals surface area contributed by atoms with Gasteiger partial charge in [0.15, 0.2) is 0 Å². The third kappa shape index (κ3) is 5.37. The summed E-state index contributed by atoms with van der Waals surface area (Å²) in [5, 5.41) is 2.49. The Balaban J connectivity index is 1.38. The number of benzene rings is 1. The number of nitrogens with one attached hydrogen (secondary N) is 2. The topological polar surface area (TPSA) is 110 Å². The lowest BCUT2D eigenvalue weighted by Crippen LogP contribution is -2.19. The molecule has 0 atom stereocenters. The largest absolute Gasteiger partial charge is 0.495 e. The first-order valence-electron chi connectivity index (χ1n) is 9.80. The summed E-state index contributed by atoms with van der Waals surface area (Å²) in [5.41, 5.74) is 2.98. The van der Waals surface area contributed by atoms with Crippen LogP contribution in [0.1, 0.15) is 18.5 Å². The highest BCUT2D eigenvalue weighted by Crippen LogP contribution is 2.29. The van der Waals surface area contributed by atoms with E-state index in [0.29, 0.717) is 30.0 Å². The molecule has 1 aliphatic carbocycles. The molecule has 1 amide bonds. The van der Waals surface area contributed by atoms with E-state index < -0.39 is 10.0 Å². The highest BCUT2D eigenvalue weighted by molar-refractivity contribution is 7.93.